The number of hydrogen-bond acceptors (Lipinski definition) is 11. The first-order chi connectivity index (χ1) is 29.3. The average Bonchev–Trinajstić information content (AvgIpc) is 3.23. The number of carbonyl (C=O) groups excluding carboxylic acids is 1. The van der Waals surface area contributed by atoms with Crippen LogP contribution in [0.1, 0.15) is 206 Å². The Balaban J connectivity index is 2.54. The molecule has 360 valence electrons. The van der Waals surface area contributed by atoms with Gasteiger partial charge in [0, 0.05) is 0 Å². The lowest BCUT2D eigenvalue weighted by Gasteiger charge is -2.41. The molecular formula is C47H90NO12P. The summed E-state index contributed by atoms with van der Waals surface area (Å²) in [5, 5.41) is 74.4. The summed E-state index contributed by atoms with van der Waals surface area (Å²) in [6.07, 6.45) is 27.0. The summed E-state index contributed by atoms with van der Waals surface area (Å²) >= 11 is 0. The largest absolute Gasteiger partial charge is 0.472 e. The Labute approximate surface area is 369 Å². The molecule has 0 bridgehead atoms. The summed E-state index contributed by atoms with van der Waals surface area (Å²) in [6, 6.07) is -1.25. The molecule has 0 aliphatic heterocycles. The molecule has 14 heteroatoms. The van der Waals surface area contributed by atoms with E-state index in [-0.39, 0.29) is 6.42 Å². The van der Waals surface area contributed by atoms with Crippen LogP contribution in [-0.2, 0) is 18.4 Å². The first kappa shape index (κ1) is 57.8. The van der Waals surface area contributed by atoms with Gasteiger partial charge in [-0.05, 0) is 32.1 Å². The second kappa shape index (κ2) is 37.0. The van der Waals surface area contributed by atoms with Crippen molar-refractivity contribution in [2.75, 3.05) is 6.61 Å². The minimum absolute atomic E-state index is 0.249. The van der Waals surface area contributed by atoms with Gasteiger partial charge in [-0.1, -0.05) is 192 Å². The number of nitrogens with one attached hydrogen (secondary N) is 1. The molecule has 1 fully saturated rings. The molecule has 1 aliphatic rings. The maximum atomic E-state index is 13.0. The molecule has 13 nitrogen and oxygen atoms in total. The number of hydrogen-bond donors (Lipinski definition) is 9. The second-order valence-electron chi connectivity index (χ2n) is 17.5. The van der Waals surface area contributed by atoms with Gasteiger partial charge >= 0.3 is 7.82 Å². The van der Waals surface area contributed by atoms with Gasteiger partial charge in [0.1, 0.15) is 36.6 Å². The normalized spacial score (nSPS) is 23.4. The van der Waals surface area contributed by atoms with Crippen LogP contribution in [0.15, 0.2) is 24.3 Å². The molecule has 0 radical (unpaired) electrons. The van der Waals surface area contributed by atoms with Crippen molar-refractivity contribution in [3.63, 3.8) is 0 Å². The van der Waals surface area contributed by atoms with Crippen LogP contribution in [0.3, 0.4) is 0 Å². The molecule has 1 amide bonds. The number of rotatable bonds is 40. The molecule has 0 aromatic heterocycles. The van der Waals surface area contributed by atoms with E-state index in [4.69, 9.17) is 9.05 Å². The first-order valence-corrected chi connectivity index (χ1v) is 25.9. The fourth-order valence-corrected chi connectivity index (χ4v) is 8.75. The van der Waals surface area contributed by atoms with Crippen LogP contribution in [0.4, 0.5) is 0 Å². The van der Waals surface area contributed by atoms with E-state index in [0.29, 0.717) is 12.8 Å². The predicted molar refractivity (Wildman–Crippen MR) is 243 cm³/mol. The summed E-state index contributed by atoms with van der Waals surface area (Å²) in [4.78, 5) is 23.4. The fourth-order valence-electron chi connectivity index (χ4n) is 7.79. The summed E-state index contributed by atoms with van der Waals surface area (Å²) in [6.45, 7) is 3.73. The first-order valence-electron chi connectivity index (χ1n) is 24.4. The molecule has 0 heterocycles. The Morgan fingerprint density at radius 2 is 0.967 bits per heavy atom. The molecule has 0 aromatic carbocycles. The molecule has 1 rings (SSSR count). The number of aliphatic hydroxyl groups excluding tert-OH is 7. The SMILES string of the molecule is CCCCCCCCCCCCCCCC/C=C/CC/C=C/C(O)C(COP(=O)(O)OC1C(O)C(O)C(O)C(O)C1O)NC(=O)CC(O)CCCCCCCCCCCCC. The topological polar surface area (TPSA) is 226 Å². The standard InChI is InChI=1S/C47H90NO12P/c1-3-5-7-9-11-13-15-16-17-18-19-20-21-22-23-25-27-29-31-33-35-40(50)39(37-59-61(57,58)60-47-45(55)43(53)42(52)44(54)46(47)56)48-41(51)36-38(49)34-32-30-28-26-24-14-12-10-8-6-4-2/h25,27,33,35,38-40,42-47,49-50,52-56H,3-24,26,28-32,34,36-37H2,1-2H3,(H,48,51)(H,57,58)/b27-25+,35-33+. The molecule has 9 N–H and O–H groups in total. The van der Waals surface area contributed by atoms with E-state index < -0.39 is 75.2 Å². The zero-order chi connectivity index (χ0) is 45.1. The lowest BCUT2D eigenvalue weighted by molar-refractivity contribution is -0.220. The third-order valence-corrected chi connectivity index (χ3v) is 12.8. The quantitative estimate of drug-likeness (QED) is 0.0161. The molecule has 0 saturated heterocycles. The third kappa shape index (κ3) is 29.0. The van der Waals surface area contributed by atoms with E-state index >= 15 is 0 Å². The van der Waals surface area contributed by atoms with Crippen LogP contribution in [0, 0.1) is 0 Å². The summed E-state index contributed by atoms with van der Waals surface area (Å²) in [7, 11) is -5.15. The number of allylic oxidation sites excluding steroid dienone is 3. The van der Waals surface area contributed by atoms with Gasteiger partial charge in [-0.15, -0.1) is 0 Å². The van der Waals surface area contributed by atoms with E-state index in [1.807, 2.05) is 0 Å². The number of unbranched alkanes of at least 4 members (excludes halogenated alkanes) is 25. The number of phosphoric acid groups is 1. The van der Waals surface area contributed by atoms with E-state index in [1.165, 1.54) is 134 Å². The number of phosphoric ester groups is 1. The van der Waals surface area contributed by atoms with Gasteiger partial charge in [-0.2, -0.15) is 0 Å². The summed E-state index contributed by atoms with van der Waals surface area (Å²) in [5.41, 5.74) is 0. The van der Waals surface area contributed by atoms with Crippen LogP contribution in [0.25, 0.3) is 0 Å². The molecule has 1 saturated carbocycles. The maximum Gasteiger partial charge on any atom is 0.472 e. The Hall–Kier alpha value is -1.22. The average molecular weight is 892 g/mol. The van der Waals surface area contributed by atoms with Crippen molar-refractivity contribution < 1.29 is 59.0 Å². The smallest absolute Gasteiger partial charge is 0.393 e. The van der Waals surface area contributed by atoms with E-state index in [1.54, 1.807) is 6.08 Å². The summed E-state index contributed by atoms with van der Waals surface area (Å²) in [5.74, 6) is -0.602. The monoisotopic (exact) mass is 892 g/mol. The van der Waals surface area contributed by atoms with Gasteiger partial charge < -0.3 is 46.0 Å². The highest BCUT2D eigenvalue weighted by Gasteiger charge is 2.51. The lowest BCUT2D eigenvalue weighted by Crippen LogP contribution is -2.64. The maximum absolute atomic E-state index is 13.0. The van der Waals surface area contributed by atoms with Crippen molar-refractivity contribution in [2.45, 2.75) is 261 Å². The Morgan fingerprint density at radius 3 is 1.44 bits per heavy atom. The molecule has 61 heavy (non-hydrogen) atoms. The van der Waals surface area contributed by atoms with Crippen molar-refractivity contribution in [1.29, 1.82) is 0 Å². The minimum Gasteiger partial charge on any atom is -0.393 e. The second-order valence-corrected chi connectivity index (χ2v) is 18.9. The van der Waals surface area contributed by atoms with Gasteiger partial charge in [-0.3, -0.25) is 13.8 Å². The van der Waals surface area contributed by atoms with Gasteiger partial charge in [0.2, 0.25) is 5.91 Å². The number of carbonyl (C=O) groups is 1. The van der Waals surface area contributed by atoms with Crippen LogP contribution < -0.4 is 5.32 Å². The number of amides is 1. The van der Waals surface area contributed by atoms with Crippen molar-refractivity contribution in [3.8, 4) is 0 Å². The van der Waals surface area contributed by atoms with Crippen molar-refractivity contribution >= 4 is 13.7 Å². The minimum atomic E-state index is -5.15. The molecule has 0 spiro atoms. The van der Waals surface area contributed by atoms with E-state index in [2.05, 4.69) is 31.3 Å². The summed E-state index contributed by atoms with van der Waals surface area (Å²) < 4.78 is 22.9. The van der Waals surface area contributed by atoms with Crippen molar-refractivity contribution in [1.82, 2.24) is 5.32 Å². The van der Waals surface area contributed by atoms with Gasteiger partial charge in [-0.25, -0.2) is 4.57 Å². The highest BCUT2D eigenvalue weighted by Crippen LogP contribution is 2.47. The Kier molecular flexibility index (Phi) is 35.1. The van der Waals surface area contributed by atoms with Gasteiger partial charge in [0.15, 0.2) is 0 Å². The van der Waals surface area contributed by atoms with Crippen LogP contribution in [-0.4, -0.2) is 108 Å². The lowest BCUT2D eigenvalue weighted by atomic mass is 9.85. The molecular weight excluding hydrogens is 801 g/mol. The fraction of sp³-hybridized carbons (Fsp3) is 0.894. The predicted octanol–water partition coefficient (Wildman–Crippen LogP) is 8.37. The highest BCUT2D eigenvalue weighted by molar-refractivity contribution is 7.47. The van der Waals surface area contributed by atoms with Crippen molar-refractivity contribution in [3.05, 3.63) is 24.3 Å². The van der Waals surface area contributed by atoms with Gasteiger partial charge in [0.05, 0.1) is 31.3 Å². The molecule has 1 aliphatic carbocycles. The van der Waals surface area contributed by atoms with E-state index in [0.717, 1.165) is 44.9 Å². The Bertz CT molecular complexity index is 1140. The van der Waals surface area contributed by atoms with E-state index in [9.17, 15) is 50.0 Å². The molecule has 0 aromatic rings. The van der Waals surface area contributed by atoms with Crippen LogP contribution >= 0.6 is 7.82 Å². The third-order valence-electron chi connectivity index (χ3n) is 11.8. The zero-order valence-electron chi connectivity index (χ0n) is 38.1. The Morgan fingerprint density at radius 1 is 0.574 bits per heavy atom. The van der Waals surface area contributed by atoms with Gasteiger partial charge in [0.25, 0.3) is 0 Å². The highest BCUT2D eigenvalue weighted by atomic mass is 31.2. The molecule has 8 unspecified atom stereocenters. The van der Waals surface area contributed by atoms with Crippen LogP contribution in [0.5, 0.6) is 0 Å². The number of aliphatic hydroxyl groups is 7. The molecule has 8 atom stereocenters. The van der Waals surface area contributed by atoms with Crippen LogP contribution in [0.2, 0.25) is 0 Å². The zero-order valence-corrected chi connectivity index (χ0v) is 39.0. The van der Waals surface area contributed by atoms with Crippen molar-refractivity contribution in [2.24, 2.45) is 0 Å².